The summed E-state index contributed by atoms with van der Waals surface area (Å²) in [5.74, 6) is 1.10. The van der Waals surface area contributed by atoms with Gasteiger partial charge in [0, 0.05) is 25.0 Å². The molecule has 0 aliphatic carbocycles. The number of nitriles is 1. The summed E-state index contributed by atoms with van der Waals surface area (Å²) >= 11 is 0. The monoisotopic (exact) mass is 290 g/mol. The highest BCUT2D eigenvalue weighted by atomic mass is 19.2. The van der Waals surface area contributed by atoms with Crippen molar-refractivity contribution in [2.24, 2.45) is 11.3 Å². The maximum Gasteiger partial charge on any atom is 0.126 e. The average molecular weight is 290 g/mol. The van der Waals surface area contributed by atoms with E-state index in [2.05, 4.69) is 30.2 Å². The highest BCUT2D eigenvalue weighted by molar-refractivity contribution is 5.48. The molecule has 0 radical (unpaired) electrons. The fraction of sp³-hybridized carbons (Fsp3) is 0.625. The fourth-order valence-corrected chi connectivity index (χ4v) is 3.25. The molecule has 1 aliphatic rings. The first-order valence-corrected chi connectivity index (χ1v) is 7.42. The Morgan fingerprint density at radius 1 is 1.57 bits per heavy atom. The highest BCUT2D eigenvalue weighted by Gasteiger charge is 2.42. The van der Waals surface area contributed by atoms with Gasteiger partial charge in [-0.15, -0.1) is 9.60 Å². The minimum absolute atomic E-state index is 0.0963. The SMILES string of the molecule is CC[C@@H]1CN(F)C[C@]1(C)CNc1cc(C)c(C#N)c(C)n1. The summed E-state index contributed by atoms with van der Waals surface area (Å²) in [7, 11) is 0. The van der Waals surface area contributed by atoms with Crippen LogP contribution in [0.4, 0.5) is 10.3 Å². The maximum atomic E-state index is 13.6. The van der Waals surface area contributed by atoms with Gasteiger partial charge in [0.05, 0.1) is 11.3 Å². The number of pyridine rings is 1. The molecular weight excluding hydrogens is 267 g/mol. The lowest BCUT2D eigenvalue weighted by Gasteiger charge is -2.30. The van der Waals surface area contributed by atoms with Crippen LogP contribution in [0, 0.1) is 36.5 Å². The fourth-order valence-electron chi connectivity index (χ4n) is 3.25. The van der Waals surface area contributed by atoms with Crippen molar-refractivity contribution in [2.45, 2.75) is 34.1 Å². The van der Waals surface area contributed by atoms with Crippen LogP contribution in [0.5, 0.6) is 0 Å². The van der Waals surface area contributed by atoms with Gasteiger partial charge in [-0.2, -0.15) is 5.26 Å². The Morgan fingerprint density at radius 3 is 2.86 bits per heavy atom. The molecular formula is C16H23FN4. The molecule has 4 nitrogen and oxygen atoms in total. The zero-order valence-electron chi connectivity index (χ0n) is 13.2. The molecule has 1 N–H and O–H groups in total. The Bertz CT molecular complexity index is 543. The molecule has 1 saturated heterocycles. The minimum atomic E-state index is -0.0963. The zero-order chi connectivity index (χ0) is 15.6. The number of nitrogens with one attached hydrogen (secondary N) is 1. The van der Waals surface area contributed by atoms with Gasteiger partial charge in [0.2, 0.25) is 0 Å². The summed E-state index contributed by atoms with van der Waals surface area (Å²) in [4.78, 5) is 4.43. The Hall–Kier alpha value is -1.67. The van der Waals surface area contributed by atoms with E-state index >= 15 is 0 Å². The van der Waals surface area contributed by atoms with Crippen LogP contribution in [0.2, 0.25) is 0 Å². The molecule has 2 atom stereocenters. The van der Waals surface area contributed by atoms with Crippen LogP contribution < -0.4 is 5.32 Å². The van der Waals surface area contributed by atoms with Crippen molar-refractivity contribution in [3.8, 4) is 6.07 Å². The number of hydrogen-bond acceptors (Lipinski definition) is 4. The van der Waals surface area contributed by atoms with Crippen LogP contribution in [-0.4, -0.2) is 29.7 Å². The van der Waals surface area contributed by atoms with Crippen LogP contribution in [0.1, 0.15) is 37.1 Å². The van der Waals surface area contributed by atoms with Gasteiger partial charge in [0.15, 0.2) is 0 Å². The second-order valence-corrected chi connectivity index (χ2v) is 6.31. The normalized spacial score (nSPS) is 25.8. The average Bonchev–Trinajstić information content (AvgIpc) is 2.71. The topological polar surface area (TPSA) is 52.0 Å². The van der Waals surface area contributed by atoms with Gasteiger partial charge in [-0.05, 0) is 31.4 Å². The summed E-state index contributed by atoms with van der Waals surface area (Å²) < 4.78 is 13.6. The number of aryl methyl sites for hydroxylation is 2. The molecule has 0 amide bonds. The molecule has 0 spiro atoms. The van der Waals surface area contributed by atoms with E-state index in [0.717, 1.165) is 28.6 Å². The molecule has 21 heavy (non-hydrogen) atoms. The molecule has 0 aromatic carbocycles. The molecule has 1 aromatic rings. The quantitative estimate of drug-likeness (QED) is 0.865. The van der Waals surface area contributed by atoms with Crippen molar-refractivity contribution in [1.82, 2.24) is 10.1 Å². The molecule has 0 bridgehead atoms. The van der Waals surface area contributed by atoms with E-state index in [-0.39, 0.29) is 5.41 Å². The van der Waals surface area contributed by atoms with Crippen molar-refractivity contribution in [3.05, 3.63) is 22.9 Å². The van der Waals surface area contributed by atoms with E-state index in [4.69, 9.17) is 5.26 Å². The van der Waals surface area contributed by atoms with E-state index < -0.39 is 0 Å². The standard InChI is InChI=1S/C16H23FN4/c1-5-13-8-21(17)10-16(13,4)9-19-15-6-11(2)14(7-18)12(3)20-15/h6,13H,5,8-10H2,1-4H3,(H,19,20)/t13-,16+/m1/s1. The molecule has 114 valence electrons. The van der Waals surface area contributed by atoms with Gasteiger partial charge < -0.3 is 5.32 Å². The predicted octanol–water partition coefficient (Wildman–Crippen LogP) is 3.21. The summed E-state index contributed by atoms with van der Waals surface area (Å²) in [5, 5.41) is 13.3. The van der Waals surface area contributed by atoms with Crippen molar-refractivity contribution in [3.63, 3.8) is 0 Å². The zero-order valence-corrected chi connectivity index (χ0v) is 13.2. The van der Waals surface area contributed by atoms with Crippen LogP contribution >= 0.6 is 0 Å². The van der Waals surface area contributed by atoms with Crippen molar-refractivity contribution >= 4 is 5.82 Å². The summed E-state index contributed by atoms with van der Waals surface area (Å²) in [6.07, 6.45) is 0.970. The highest BCUT2D eigenvalue weighted by Crippen LogP contribution is 2.38. The molecule has 0 saturated carbocycles. The molecule has 2 heterocycles. The maximum absolute atomic E-state index is 13.6. The van der Waals surface area contributed by atoms with Crippen LogP contribution in [-0.2, 0) is 0 Å². The summed E-state index contributed by atoms with van der Waals surface area (Å²) in [6, 6.07) is 4.06. The van der Waals surface area contributed by atoms with Crippen molar-refractivity contribution < 1.29 is 4.48 Å². The minimum Gasteiger partial charge on any atom is -0.369 e. The third kappa shape index (κ3) is 3.16. The summed E-state index contributed by atoms with van der Waals surface area (Å²) in [5.41, 5.74) is 2.19. The number of anilines is 1. The van der Waals surface area contributed by atoms with Crippen molar-refractivity contribution in [2.75, 3.05) is 25.0 Å². The molecule has 0 unspecified atom stereocenters. The first kappa shape index (κ1) is 15.7. The lowest BCUT2D eigenvalue weighted by atomic mass is 9.78. The lowest BCUT2D eigenvalue weighted by Crippen LogP contribution is -2.34. The number of aromatic nitrogens is 1. The molecule has 1 aliphatic heterocycles. The molecule has 1 fully saturated rings. The first-order chi connectivity index (χ1) is 9.89. The van der Waals surface area contributed by atoms with E-state index in [1.807, 2.05) is 19.9 Å². The van der Waals surface area contributed by atoms with E-state index in [1.165, 1.54) is 0 Å². The number of nitrogens with zero attached hydrogens (tertiary/aromatic N) is 3. The van der Waals surface area contributed by atoms with Gasteiger partial charge in [0.25, 0.3) is 0 Å². The van der Waals surface area contributed by atoms with Gasteiger partial charge >= 0.3 is 0 Å². The Kier molecular flexibility index (Phi) is 4.48. The van der Waals surface area contributed by atoms with Gasteiger partial charge in [-0.1, -0.05) is 20.3 Å². The van der Waals surface area contributed by atoms with E-state index in [1.54, 1.807) is 0 Å². The summed E-state index contributed by atoms with van der Waals surface area (Å²) in [6.45, 7) is 9.62. The molecule has 2 rings (SSSR count). The number of rotatable bonds is 4. The second kappa shape index (κ2) is 5.98. The second-order valence-electron chi connectivity index (χ2n) is 6.31. The third-order valence-corrected chi connectivity index (χ3v) is 4.61. The smallest absolute Gasteiger partial charge is 0.126 e. The lowest BCUT2D eigenvalue weighted by molar-refractivity contribution is 0.0436. The van der Waals surface area contributed by atoms with Gasteiger partial charge in [-0.3, -0.25) is 0 Å². The number of halogens is 1. The van der Waals surface area contributed by atoms with Crippen LogP contribution in [0.25, 0.3) is 0 Å². The number of hydrogen-bond donors (Lipinski definition) is 1. The van der Waals surface area contributed by atoms with E-state index in [9.17, 15) is 4.48 Å². The third-order valence-electron chi connectivity index (χ3n) is 4.61. The molecule has 1 aromatic heterocycles. The Morgan fingerprint density at radius 2 is 2.29 bits per heavy atom. The predicted molar refractivity (Wildman–Crippen MR) is 81.5 cm³/mol. The molecule has 5 heteroatoms. The Balaban J connectivity index is 2.12. The Labute approximate surface area is 125 Å². The van der Waals surface area contributed by atoms with Gasteiger partial charge in [-0.25, -0.2) is 4.98 Å². The van der Waals surface area contributed by atoms with E-state index in [0.29, 0.717) is 31.1 Å². The van der Waals surface area contributed by atoms with Crippen LogP contribution in [0.3, 0.4) is 0 Å². The first-order valence-electron chi connectivity index (χ1n) is 7.42. The van der Waals surface area contributed by atoms with Crippen molar-refractivity contribution in [1.29, 1.82) is 5.26 Å². The van der Waals surface area contributed by atoms with Gasteiger partial charge in [0.1, 0.15) is 11.9 Å². The van der Waals surface area contributed by atoms with Crippen LogP contribution in [0.15, 0.2) is 6.07 Å². The largest absolute Gasteiger partial charge is 0.369 e.